The predicted octanol–water partition coefficient (Wildman–Crippen LogP) is 2.26. The minimum absolute atomic E-state index is 0.442. The van der Waals surface area contributed by atoms with Gasteiger partial charge in [0.05, 0.1) is 0 Å². The van der Waals surface area contributed by atoms with Crippen LogP contribution in [0.25, 0.3) is 0 Å². The average Bonchev–Trinajstić information content (AvgIpc) is 2.41. The summed E-state index contributed by atoms with van der Waals surface area (Å²) in [5.41, 5.74) is 0.442. The van der Waals surface area contributed by atoms with E-state index in [1.165, 1.54) is 6.07 Å². The molecule has 0 aliphatic heterocycles. The number of halogens is 2. The lowest BCUT2D eigenvalue weighted by atomic mass is 10.3. The molecule has 0 saturated carbocycles. The van der Waals surface area contributed by atoms with Gasteiger partial charge in [0.15, 0.2) is 11.6 Å². The van der Waals surface area contributed by atoms with Gasteiger partial charge in [-0.3, -0.25) is 0 Å². The molecule has 6 heteroatoms. The molecule has 0 fully saturated rings. The van der Waals surface area contributed by atoms with Crippen molar-refractivity contribution in [2.24, 2.45) is 0 Å². The van der Waals surface area contributed by atoms with Crippen molar-refractivity contribution in [2.75, 3.05) is 18.9 Å². The van der Waals surface area contributed by atoms with E-state index in [2.05, 4.69) is 20.6 Å². The highest BCUT2D eigenvalue weighted by atomic mass is 19.2. The third-order valence-electron chi connectivity index (χ3n) is 2.50. The molecular weight excluding hydrogens is 250 g/mol. The van der Waals surface area contributed by atoms with Crippen molar-refractivity contribution in [3.63, 3.8) is 0 Å². The Morgan fingerprint density at radius 3 is 2.74 bits per heavy atom. The van der Waals surface area contributed by atoms with Crippen LogP contribution in [-0.4, -0.2) is 23.6 Å². The van der Waals surface area contributed by atoms with Gasteiger partial charge in [-0.1, -0.05) is 0 Å². The summed E-state index contributed by atoms with van der Waals surface area (Å²) < 4.78 is 25.9. The van der Waals surface area contributed by atoms with Crippen LogP contribution in [0.4, 0.5) is 20.3 Å². The van der Waals surface area contributed by atoms with Crippen molar-refractivity contribution in [1.29, 1.82) is 0 Å². The predicted molar refractivity (Wildman–Crippen MR) is 69.3 cm³/mol. The quantitative estimate of drug-likeness (QED) is 0.869. The topological polar surface area (TPSA) is 49.8 Å². The van der Waals surface area contributed by atoms with E-state index in [0.717, 1.165) is 18.7 Å². The number of aromatic nitrogens is 2. The summed E-state index contributed by atoms with van der Waals surface area (Å²) in [6, 6.07) is 5.28. The molecule has 19 heavy (non-hydrogen) atoms. The summed E-state index contributed by atoms with van der Waals surface area (Å²) in [5, 5.41) is 5.92. The van der Waals surface area contributed by atoms with E-state index in [1.54, 1.807) is 12.3 Å². The van der Waals surface area contributed by atoms with Crippen LogP contribution in [-0.2, 0) is 6.42 Å². The normalized spacial score (nSPS) is 10.5. The molecular formula is C13H14F2N4. The molecule has 0 bridgehead atoms. The summed E-state index contributed by atoms with van der Waals surface area (Å²) in [7, 11) is 1.85. The highest BCUT2D eigenvalue weighted by Gasteiger charge is 2.04. The highest BCUT2D eigenvalue weighted by Crippen LogP contribution is 2.17. The molecule has 1 aromatic carbocycles. The number of hydrogen-bond acceptors (Lipinski definition) is 4. The smallest absolute Gasteiger partial charge is 0.160 e. The van der Waals surface area contributed by atoms with Gasteiger partial charge in [0.25, 0.3) is 0 Å². The first kappa shape index (κ1) is 13.4. The average molecular weight is 264 g/mol. The van der Waals surface area contributed by atoms with Gasteiger partial charge in [-0.2, -0.15) is 0 Å². The second-order valence-electron chi connectivity index (χ2n) is 3.97. The molecule has 2 aromatic rings. The number of benzene rings is 1. The van der Waals surface area contributed by atoms with Crippen molar-refractivity contribution in [3.05, 3.63) is 47.9 Å². The van der Waals surface area contributed by atoms with Crippen molar-refractivity contribution < 1.29 is 8.78 Å². The molecule has 1 heterocycles. The van der Waals surface area contributed by atoms with Gasteiger partial charge in [-0.15, -0.1) is 0 Å². The lowest BCUT2D eigenvalue weighted by Gasteiger charge is -2.07. The summed E-state index contributed by atoms with van der Waals surface area (Å²) in [5.74, 6) is -0.536. The van der Waals surface area contributed by atoms with Crippen LogP contribution < -0.4 is 10.6 Å². The molecule has 4 nitrogen and oxygen atoms in total. The van der Waals surface area contributed by atoms with E-state index in [4.69, 9.17) is 0 Å². The number of likely N-dealkylation sites (N-methyl/N-ethyl adjacent to an activating group) is 1. The third-order valence-corrected chi connectivity index (χ3v) is 2.50. The van der Waals surface area contributed by atoms with E-state index in [0.29, 0.717) is 23.8 Å². The van der Waals surface area contributed by atoms with Crippen molar-refractivity contribution in [2.45, 2.75) is 6.42 Å². The van der Waals surface area contributed by atoms with Crippen LogP contribution in [0.2, 0.25) is 0 Å². The van der Waals surface area contributed by atoms with Crippen molar-refractivity contribution >= 4 is 11.5 Å². The van der Waals surface area contributed by atoms with Crippen molar-refractivity contribution in [3.8, 4) is 0 Å². The zero-order valence-electron chi connectivity index (χ0n) is 10.5. The SMILES string of the molecule is CNCCc1nccc(Nc2ccc(F)c(F)c2)n1. The molecule has 0 aliphatic rings. The minimum atomic E-state index is -0.894. The Hall–Kier alpha value is -2.08. The number of rotatable bonds is 5. The molecule has 0 atom stereocenters. The molecule has 0 spiro atoms. The molecule has 0 unspecified atom stereocenters. The Balaban J connectivity index is 2.11. The molecule has 0 aliphatic carbocycles. The second kappa shape index (κ2) is 6.19. The number of anilines is 2. The number of hydrogen-bond donors (Lipinski definition) is 2. The number of nitrogens with zero attached hydrogens (tertiary/aromatic N) is 2. The maximum atomic E-state index is 13.1. The van der Waals surface area contributed by atoms with E-state index in [9.17, 15) is 8.78 Å². The third kappa shape index (κ3) is 3.69. The second-order valence-corrected chi connectivity index (χ2v) is 3.97. The molecule has 2 rings (SSSR count). The maximum Gasteiger partial charge on any atom is 0.160 e. The van der Waals surface area contributed by atoms with Crippen LogP contribution in [0.3, 0.4) is 0 Å². The van der Waals surface area contributed by atoms with E-state index in [-0.39, 0.29) is 0 Å². The van der Waals surface area contributed by atoms with Gasteiger partial charge in [-0.25, -0.2) is 18.7 Å². The highest BCUT2D eigenvalue weighted by molar-refractivity contribution is 5.55. The summed E-state index contributed by atoms with van der Waals surface area (Å²) >= 11 is 0. The van der Waals surface area contributed by atoms with E-state index < -0.39 is 11.6 Å². The van der Waals surface area contributed by atoms with Crippen LogP contribution in [0, 0.1) is 11.6 Å². The fraction of sp³-hybridized carbons (Fsp3) is 0.231. The maximum absolute atomic E-state index is 13.1. The minimum Gasteiger partial charge on any atom is -0.340 e. The zero-order valence-corrected chi connectivity index (χ0v) is 10.5. The Kier molecular flexibility index (Phi) is 4.35. The Morgan fingerprint density at radius 1 is 1.16 bits per heavy atom. The number of nitrogens with one attached hydrogen (secondary N) is 2. The molecule has 1 aromatic heterocycles. The Morgan fingerprint density at radius 2 is 2.00 bits per heavy atom. The van der Waals surface area contributed by atoms with Gasteiger partial charge in [0, 0.05) is 30.9 Å². The van der Waals surface area contributed by atoms with Crippen LogP contribution >= 0.6 is 0 Å². The van der Waals surface area contributed by atoms with Gasteiger partial charge in [0.2, 0.25) is 0 Å². The first-order valence-corrected chi connectivity index (χ1v) is 5.87. The largest absolute Gasteiger partial charge is 0.340 e. The fourth-order valence-electron chi connectivity index (χ4n) is 1.55. The van der Waals surface area contributed by atoms with Crippen LogP contribution in [0.5, 0.6) is 0 Å². The first-order valence-electron chi connectivity index (χ1n) is 5.87. The molecule has 2 N–H and O–H groups in total. The Labute approximate surface area is 109 Å². The van der Waals surface area contributed by atoms with Crippen LogP contribution in [0.15, 0.2) is 30.5 Å². The van der Waals surface area contributed by atoms with Gasteiger partial charge < -0.3 is 10.6 Å². The molecule has 100 valence electrons. The lowest BCUT2D eigenvalue weighted by molar-refractivity contribution is 0.509. The van der Waals surface area contributed by atoms with Gasteiger partial charge in [-0.05, 0) is 25.2 Å². The monoisotopic (exact) mass is 264 g/mol. The summed E-state index contributed by atoms with van der Waals surface area (Å²) in [6.45, 7) is 0.772. The van der Waals surface area contributed by atoms with Gasteiger partial charge >= 0.3 is 0 Å². The van der Waals surface area contributed by atoms with E-state index >= 15 is 0 Å². The zero-order chi connectivity index (χ0) is 13.7. The standard InChI is InChI=1S/C13H14F2N4/c1-16-6-4-12-17-7-5-13(19-12)18-9-2-3-10(14)11(15)8-9/h2-3,5,7-8,16H,4,6H2,1H3,(H,17,18,19). The molecule has 0 amide bonds. The first-order chi connectivity index (χ1) is 9.19. The Bertz CT molecular complexity index is 560. The summed E-state index contributed by atoms with van der Waals surface area (Å²) in [6.07, 6.45) is 2.32. The van der Waals surface area contributed by atoms with E-state index in [1.807, 2.05) is 7.05 Å². The molecule has 0 radical (unpaired) electrons. The van der Waals surface area contributed by atoms with Crippen LogP contribution in [0.1, 0.15) is 5.82 Å². The summed E-state index contributed by atoms with van der Waals surface area (Å²) in [4.78, 5) is 8.40. The molecule has 0 saturated heterocycles. The fourth-order valence-corrected chi connectivity index (χ4v) is 1.55. The van der Waals surface area contributed by atoms with Crippen molar-refractivity contribution in [1.82, 2.24) is 15.3 Å². The lowest BCUT2D eigenvalue weighted by Crippen LogP contribution is -2.12. The van der Waals surface area contributed by atoms with Gasteiger partial charge in [0.1, 0.15) is 11.6 Å².